The number of anilines is 1. The van der Waals surface area contributed by atoms with Gasteiger partial charge in [-0.2, -0.15) is 18.4 Å². The molecule has 3 N–H and O–H groups in total. The fraction of sp³-hybridized carbons (Fsp3) is 0.200. The zero-order valence-electron chi connectivity index (χ0n) is 12.8. The molecule has 3 aromatic heterocycles. The minimum atomic E-state index is -4.45. The van der Waals surface area contributed by atoms with Gasteiger partial charge in [0.2, 0.25) is 0 Å². The fourth-order valence-corrected chi connectivity index (χ4v) is 3.14. The smallest absolute Gasteiger partial charge is 0.384 e. The van der Waals surface area contributed by atoms with Gasteiger partial charge >= 0.3 is 6.18 Å². The Morgan fingerprint density at radius 1 is 1.32 bits per heavy atom. The molecule has 0 saturated heterocycles. The summed E-state index contributed by atoms with van der Waals surface area (Å²) in [5.41, 5.74) is 5.74. The number of alkyl halides is 3. The average molecular weight is 364 g/mol. The van der Waals surface area contributed by atoms with E-state index in [9.17, 15) is 13.2 Å². The molecule has 0 aliphatic rings. The van der Waals surface area contributed by atoms with Crippen LogP contribution in [0.2, 0.25) is 0 Å². The number of nitrogens with one attached hydrogen (secondary N) is 1. The topological polar surface area (TPSA) is 104 Å². The molecule has 0 saturated carbocycles. The molecule has 10 heteroatoms. The lowest BCUT2D eigenvalue weighted by atomic mass is 10.1. The van der Waals surface area contributed by atoms with Gasteiger partial charge in [0.05, 0.1) is 28.2 Å². The van der Waals surface area contributed by atoms with Crippen LogP contribution in [0.5, 0.6) is 0 Å². The van der Waals surface area contributed by atoms with Crippen molar-refractivity contribution in [1.29, 1.82) is 5.26 Å². The van der Waals surface area contributed by atoms with Crippen molar-refractivity contribution >= 4 is 28.5 Å². The van der Waals surface area contributed by atoms with Crippen molar-refractivity contribution in [2.45, 2.75) is 23.5 Å². The number of nitriles is 1. The van der Waals surface area contributed by atoms with Gasteiger partial charge in [0.25, 0.3) is 0 Å². The van der Waals surface area contributed by atoms with E-state index in [0.717, 1.165) is 18.0 Å². The van der Waals surface area contributed by atoms with Crippen LogP contribution in [0.25, 0.3) is 10.9 Å². The van der Waals surface area contributed by atoms with Crippen LogP contribution in [0.1, 0.15) is 29.1 Å². The summed E-state index contributed by atoms with van der Waals surface area (Å²) < 4.78 is 39.1. The highest BCUT2D eigenvalue weighted by Crippen LogP contribution is 2.37. The first kappa shape index (κ1) is 17.0. The number of hydrogen-bond donors (Lipinski definition) is 2. The molecule has 3 heterocycles. The molecule has 0 aliphatic carbocycles. The van der Waals surface area contributed by atoms with Gasteiger partial charge < -0.3 is 10.7 Å². The molecule has 6 nitrogen and oxygen atoms in total. The molecule has 0 fully saturated rings. The predicted molar refractivity (Wildman–Crippen MR) is 86.5 cm³/mol. The number of nitrogens with two attached hydrogens (primary N) is 1. The van der Waals surface area contributed by atoms with E-state index in [0.29, 0.717) is 11.2 Å². The Bertz CT molecular complexity index is 976. The number of fused-ring (bicyclic) bond motifs is 1. The van der Waals surface area contributed by atoms with Gasteiger partial charge in [0.15, 0.2) is 5.16 Å². The molecule has 0 spiro atoms. The first-order valence-electron chi connectivity index (χ1n) is 7.03. The highest BCUT2D eigenvalue weighted by Gasteiger charge is 2.33. The third kappa shape index (κ3) is 3.51. The van der Waals surface area contributed by atoms with E-state index in [1.54, 1.807) is 6.92 Å². The molecule has 0 radical (unpaired) electrons. The molecular formula is C15H11F3N6S. The molecule has 128 valence electrons. The molecule has 0 amide bonds. The zero-order chi connectivity index (χ0) is 18.2. The van der Waals surface area contributed by atoms with Crippen molar-refractivity contribution in [1.82, 2.24) is 19.9 Å². The summed E-state index contributed by atoms with van der Waals surface area (Å²) in [5, 5.41) is 8.88. The minimum Gasteiger partial charge on any atom is -0.384 e. The summed E-state index contributed by atoms with van der Waals surface area (Å²) >= 11 is 1.16. The van der Waals surface area contributed by atoms with E-state index in [1.807, 2.05) is 6.07 Å². The van der Waals surface area contributed by atoms with Gasteiger partial charge in [-0.05, 0) is 13.0 Å². The first-order valence-corrected chi connectivity index (χ1v) is 7.91. The summed E-state index contributed by atoms with van der Waals surface area (Å²) in [6.45, 7) is 1.76. The summed E-state index contributed by atoms with van der Waals surface area (Å²) in [4.78, 5) is 14.8. The Kier molecular flexibility index (Phi) is 4.26. The number of rotatable bonds is 3. The maximum atomic E-state index is 13.0. The number of halogens is 3. The van der Waals surface area contributed by atoms with E-state index in [1.165, 1.54) is 18.3 Å². The lowest BCUT2D eigenvalue weighted by molar-refractivity contribution is -0.136. The monoisotopic (exact) mass is 364 g/mol. The van der Waals surface area contributed by atoms with E-state index >= 15 is 0 Å². The Hall–Kier alpha value is -2.80. The van der Waals surface area contributed by atoms with Crippen molar-refractivity contribution in [3.8, 4) is 6.07 Å². The van der Waals surface area contributed by atoms with Crippen LogP contribution in [0, 0.1) is 11.3 Å². The number of pyridine rings is 1. The van der Waals surface area contributed by atoms with Crippen LogP contribution >= 0.6 is 11.8 Å². The quantitative estimate of drug-likeness (QED) is 0.543. The SMILES string of the molecule is CC(Sc1nc(N)cc(C#N)n1)c1cc2c(C(F)(F)F)c[nH]c2cn1. The summed E-state index contributed by atoms with van der Waals surface area (Å²) in [5.74, 6) is 0.148. The van der Waals surface area contributed by atoms with E-state index in [4.69, 9.17) is 11.0 Å². The lowest BCUT2D eigenvalue weighted by Gasteiger charge is -2.11. The Labute approximate surface area is 144 Å². The standard InChI is InChI=1S/C15H11F3N6S/c1-7(25-14-23-8(4-19)2-13(20)24-14)11-3-9-10(15(16,17)18)5-21-12(9)6-22-11/h2-3,5-7,21H,1H3,(H2,20,23,24). The van der Waals surface area contributed by atoms with Crippen LogP contribution in [-0.2, 0) is 6.18 Å². The molecule has 3 aromatic rings. The van der Waals surface area contributed by atoms with Gasteiger partial charge in [-0.25, -0.2) is 9.97 Å². The van der Waals surface area contributed by atoms with Gasteiger partial charge in [0.1, 0.15) is 17.6 Å². The summed E-state index contributed by atoms with van der Waals surface area (Å²) in [6.07, 6.45) is -2.17. The average Bonchev–Trinajstić information content (AvgIpc) is 2.97. The highest BCUT2D eigenvalue weighted by atomic mass is 32.2. The van der Waals surface area contributed by atoms with E-state index in [-0.39, 0.29) is 27.3 Å². The third-order valence-corrected chi connectivity index (χ3v) is 4.42. The van der Waals surface area contributed by atoms with Crippen LogP contribution in [0.4, 0.5) is 19.0 Å². The number of H-pyrrole nitrogens is 1. The van der Waals surface area contributed by atoms with E-state index < -0.39 is 11.7 Å². The second-order valence-corrected chi connectivity index (χ2v) is 6.50. The Balaban J connectivity index is 1.93. The molecule has 3 rings (SSSR count). The predicted octanol–water partition coefficient (Wildman–Crippen LogP) is 3.68. The molecule has 0 bridgehead atoms. The van der Waals surface area contributed by atoms with Gasteiger partial charge in [-0.3, -0.25) is 4.98 Å². The number of thioether (sulfide) groups is 1. The molecule has 0 aliphatic heterocycles. The summed E-state index contributed by atoms with van der Waals surface area (Å²) in [6, 6.07) is 4.61. The molecule has 25 heavy (non-hydrogen) atoms. The first-order chi connectivity index (χ1) is 11.8. The van der Waals surface area contributed by atoms with Gasteiger partial charge in [-0.1, -0.05) is 11.8 Å². The number of nitrogen functional groups attached to an aromatic ring is 1. The second-order valence-electron chi connectivity index (χ2n) is 5.19. The normalized spacial score (nSPS) is 12.9. The van der Waals surface area contributed by atoms with Crippen molar-refractivity contribution < 1.29 is 13.2 Å². The van der Waals surface area contributed by atoms with Gasteiger partial charge in [0, 0.05) is 17.6 Å². The Morgan fingerprint density at radius 2 is 2.08 bits per heavy atom. The van der Waals surface area contributed by atoms with E-state index in [2.05, 4.69) is 19.9 Å². The van der Waals surface area contributed by atoms with Crippen LogP contribution in [0.15, 0.2) is 29.7 Å². The van der Waals surface area contributed by atoms with Crippen molar-refractivity contribution in [3.05, 3.63) is 41.5 Å². The molecular weight excluding hydrogens is 353 g/mol. The summed E-state index contributed by atoms with van der Waals surface area (Å²) in [7, 11) is 0. The third-order valence-electron chi connectivity index (χ3n) is 3.43. The number of hydrogen-bond acceptors (Lipinski definition) is 6. The van der Waals surface area contributed by atoms with Crippen molar-refractivity contribution in [3.63, 3.8) is 0 Å². The Morgan fingerprint density at radius 3 is 2.76 bits per heavy atom. The van der Waals surface area contributed by atoms with Crippen molar-refractivity contribution in [2.75, 3.05) is 5.73 Å². The number of aromatic nitrogens is 4. The fourth-order valence-electron chi connectivity index (χ4n) is 2.27. The largest absolute Gasteiger partial charge is 0.418 e. The van der Waals surface area contributed by atoms with Crippen LogP contribution in [-0.4, -0.2) is 19.9 Å². The van der Waals surface area contributed by atoms with Crippen molar-refractivity contribution in [2.24, 2.45) is 0 Å². The highest BCUT2D eigenvalue weighted by molar-refractivity contribution is 7.99. The van der Waals surface area contributed by atoms with Crippen LogP contribution in [0.3, 0.4) is 0 Å². The zero-order valence-corrected chi connectivity index (χ0v) is 13.6. The van der Waals surface area contributed by atoms with Crippen LogP contribution < -0.4 is 5.73 Å². The molecule has 0 aromatic carbocycles. The maximum absolute atomic E-state index is 13.0. The van der Waals surface area contributed by atoms with Gasteiger partial charge in [-0.15, -0.1) is 0 Å². The lowest BCUT2D eigenvalue weighted by Crippen LogP contribution is -2.04. The maximum Gasteiger partial charge on any atom is 0.418 e. The second kappa shape index (κ2) is 6.25. The number of aromatic amines is 1. The minimum absolute atomic E-state index is 0.0520. The molecule has 1 atom stereocenters. The number of nitrogens with zero attached hydrogens (tertiary/aromatic N) is 4. The molecule has 1 unspecified atom stereocenters.